The number of anilines is 5. The van der Waals surface area contributed by atoms with Crippen LogP contribution in [0.2, 0.25) is 0 Å². The Kier molecular flexibility index (Phi) is 5.57. The lowest BCUT2D eigenvalue weighted by Crippen LogP contribution is -2.29. The quantitative estimate of drug-likeness (QED) is 0.635. The maximum absolute atomic E-state index is 8.92. The molecule has 146 valence electrons. The van der Waals surface area contributed by atoms with Crippen LogP contribution >= 0.6 is 0 Å². The largest absolute Gasteiger partial charge is 0.372 e. The maximum atomic E-state index is 8.92. The van der Waals surface area contributed by atoms with Gasteiger partial charge in [-0.3, -0.25) is 0 Å². The number of hydrogen-bond donors (Lipinski definition) is 2. The van der Waals surface area contributed by atoms with Gasteiger partial charge in [-0.2, -0.15) is 10.2 Å². The topological polar surface area (TPSA) is 76.9 Å². The Balaban J connectivity index is 1.46. The lowest BCUT2D eigenvalue weighted by molar-refractivity contribution is 0.578. The Bertz CT molecular complexity index is 999. The second-order valence-electron chi connectivity index (χ2n) is 7.25. The molecule has 0 atom stereocenters. The minimum absolute atomic E-state index is 0.548. The maximum Gasteiger partial charge on any atom is 0.229 e. The van der Waals surface area contributed by atoms with E-state index in [-0.39, 0.29) is 0 Å². The summed E-state index contributed by atoms with van der Waals surface area (Å²) in [6.07, 6.45) is 3.87. The van der Waals surface area contributed by atoms with Crippen molar-refractivity contribution >= 4 is 28.8 Å². The van der Waals surface area contributed by atoms with Crippen LogP contribution in [0.25, 0.3) is 0 Å². The lowest BCUT2D eigenvalue weighted by Gasteiger charge is -2.28. The van der Waals surface area contributed by atoms with Crippen molar-refractivity contribution in [3.63, 3.8) is 0 Å². The van der Waals surface area contributed by atoms with Gasteiger partial charge in [0.25, 0.3) is 0 Å². The van der Waals surface area contributed by atoms with Gasteiger partial charge in [0.1, 0.15) is 5.82 Å². The zero-order chi connectivity index (χ0) is 20.1. The van der Waals surface area contributed by atoms with Crippen LogP contribution in [-0.4, -0.2) is 23.1 Å². The fourth-order valence-corrected chi connectivity index (χ4v) is 3.50. The molecule has 4 rings (SSSR count). The van der Waals surface area contributed by atoms with Crippen LogP contribution in [0.4, 0.5) is 28.8 Å². The minimum atomic E-state index is 0.548. The van der Waals surface area contributed by atoms with E-state index in [9.17, 15) is 0 Å². The summed E-state index contributed by atoms with van der Waals surface area (Å²) in [5, 5.41) is 15.5. The van der Waals surface area contributed by atoms with Gasteiger partial charge in [-0.05, 0) is 74.7 Å². The third-order valence-electron chi connectivity index (χ3n) is 4.99. The second-order valence-corrected chi connectivity index (χ2v) is 7.25. The van der Waals surface area contributed by atoms with E-state index < -0.39 is 0 Å². The van der Waals surface area contributed by atoms with E-state index in [1.54, 1.807) is 12.1 Å². The second kappa shape index (κ2) is 8.61. The summed E-state index contributed by atoms with van der Waals surface area (Å²) in [6.45, 7) is 4.21. The molecule has 1 saturated heterocycles. The van der Waals surface area contributed by atoms with E-state index in [4.69, 9.17) is 5.26 Å². The van der Waals surface area contributed by atoms with Gasteiger partial charge in [-0.15, -0.1) is 0 Å². The van der Waals surface area contributed by atoms with Crippen molar-refractivity contribution in [2.24, 2.45) is 0 Å². The summed E-state index contributed by atoms with van der Waals surface area (Å²) in [7, 11) is 0. The van der Waals surface area contributed by atoms with Crippen LogP contribution in [-0.2, 0) is 0 Å². The average molecular weight is 384 g/mol. The van der Waals surface area contributed by atoms with E-state index >= 15 is 0 Å². The SMILES string of the molecule is Cc1cc(Nc2ccc(C#N)cc2)nc(Nc2ccc(N3CCCCC3)cc2)n1. The highest BCUT2D eigenvalue weighted by atomic mass is 15.2. The molecule has 29 heavy (non-hydrogen) atoms. The molecule has 0 unspecified atom stereocenters. The molecule has 0 amide bonds. The van der Waals surface area contributed by atoms with Crippen molar-refractivity contribution in [3.8, 4) is 6.07 Å². The highest BCUT2D eigenvalue weighted by molar-refractivity contribution is 5.62. The first-order valence-electron chi connectivity index (χ1n) is 9.94. The number of rotatable bonds is 5. The Hall–Kier alpha value is -3.59. The summed E-state index contributed by atoms with van der Waals surface area (Å²) in [6, 6.07) is 19.7. The first-order valence-corrected chi connectivity index (χ1v) is 9.94. The van der Waals surface area contributed by atoms with Gasteiger partial charge >= 0.3 is 0 Å². The molecule has 0 spiro atoms. The number of hydrogen-bond acceptors (Lipinski definition) is 6. The average Bonchev–Trinajstić information content (AvgIpc) is 2.75. The fourth-order valence-electron chi connectivity index (χ4n) is 3.50. The number of aryl methyl sites for hydroxylation is 1. The van der Waals surface area contributed by atoms with Gasteiger partial charge < -0.3 is 15.5 Å². The third kappa shape index (κ3) is 4.82. The number of nitrogens with one attached hydrogen (secondary N) is 2. The molecule has 1 fully saturated rings. The van der Waals surface area contributed by atoms with Crippen LogP contribution in [0.5, 0.6) is 0 Å². The summed E-state index contributed by atoms with van der Waals surface area (Å²) in [4.78, 5) is 11.5. The Labute approximate surface area is 171 Å². The van der Waals surface area contributed by atoms with Crippen molar-refractivity contribution in [2.45, 2.75) is 26.2 Å². The van der Waals surface area contributed by atoms with Crippen molar-refractivity contribution in [3.05, 3.63) is 65.9 Å². The summed E-state index contributed by atoms with van der Waals surface area (Å²) in [5.74, 6) is 1.25. The van der Waals surface area contributed by atoms with Crippen molar-refractivity contribution in [2.75, 3.05) is 28.6 Å². The third-order valence-corrected chi connectivity index (χ3v) is 4.99. The van der Waals surface area contributed by atoms with E-state index in [1.165, 1.54) is 24.9 Å². The van der Waals surface area contributed by atoms with Gasteiger partial charge in [0.2, 0.25) is 5.95 Å². The van der Waals surface area contributed by atoms with Gasteiger partial charge in [0.15, 0.2) is 0 Å². The van der Waals surface area contributed by atoms with Crippen LogP contribution in [0.3, 0.4) is 0 Å². The first-order chi connectivity index (χ1) is 14.2. The summed E-state index contributed by atoms with van der Waals surface area (Å²) < 4.78 is 0. The molecule has 2 heterocycles. The number of nitrogens with zero attached hydrogens (tertiary/aromatic N) is 4. The standard InChI is InChI=1S/C23H24N6/c1-17-15-22(26-19-7-5-18(16-24)6-8-19)28-23(25-17)27-20-9-11-21(12-10-20)29-13-3-2-4-14-29/h5-12,15H,2-4,13-14H2,1H3,(H2,25,26,27,28). The van der Waals surface area contributed by atoms with Crippen LogP contribution < -0.4 is 15.5 Å². The summed E-state index contributed by atoms with van der Waals surface area (Å²) in [5.41, 5.74) is 4.59. The molecule has 2 aromatic carbocycles. The van der Waals surface area contributed by atoms with Crippen molar-refractivity contribution in [1.29, 1.82) is 5.26 Å². The van der Waals surface area contributed by atoms with E-state index in [1.807, 2.05) is 25.1 Å². The highest BCUT2D eigenvalue weighted by Crippen LogP contribution is 2.24. The monoisotopic (exact) mass is 384 g/mol. The molecule has 6 nitrogen and oxygen atoms in total. The molecule has 1 aliphatic rings. The van der Waals surface area contributed by atoms with Crippen LogP contribution in [0, 0.1) is 18.3 Å². The molecule has 0 radical (unpaired) electrons. The van der Waals surface area contributed by atoms with Gasteiger partial charge in [0, 0.05) is 41.9 Å². The molecule has 2 N–H and O–H groups in total. The Morgan fingerprint density at radius 3 is 2.21 bits per heavy atom. The molecule has 6 heteroatoms. The van der Waals surface area contributed by atoms with Gasteiger partial charge in [-0.1, -0.05) is 0 Å². The van der Waals surface area contributed by atoms with Gasteiger partial charge in [0.05, 0.1) is 11.6 Å². The van der Waals surface area contributed by atoms with Gasteiger partial charge in [-0.25, -0.2) is 4.98 Å². The van der Waals surface area contributed by atoms with E-state index in [0.717, 1.165) is 30.2 Å². The number of nitriles is 1. The normalized spacial score (nSPS) is 13.6. The van der Waals surface area contributed by atoms with Crippen molar-refractivity contribution in [1.82, 2.24) is 9.97 Å². The zero-order valence-electron chi connectivity index (χ0n) is 16.5. The molecule has 0 aliphatic carbocycles. The summed E-state index contributed by atoms with van der Waals surface area (Å²) >= 11 is 0. The Morgan fingerprint density at radius 2 is 1.52 bits per heavy atom. The number of aromatic nitrogens is 2. The molecular formula is C23H24N6. The first kappa shape index (κ1) is 18.8. The lowest BCUT2D eigenvalue weighted by atomic mass is 10.1. The number of benzene rings is 2. The number of piperidine rings is 1. The molecule has 0 bridgehead atoms. The van der Waals surface area contributed by atoms with Crippen LogP contribution in [0.15, 0.2) is 54.6 Å². The van der Waals surface area contributed by atoms with E-state index in [2.05, 4.69) is 55.8 Å². The molecular weight excluding hydrogens is 360 g/mol. The highest BCUT2D eigenvalue weighted by Gasteiger charge is 2.11. The molecule has 1 aromatic heterocycles. The fraction of sp³-hybridized carbons (Fsp3) is 0.261. The van der Waals surface area contributed by atoms with E-state index in [0.29, 0.717) is 17.3 Å². The van der Waals surface area contributed by atoms with Crippen LogP contribution in [0.1, 0.15) is 30.5 Å². The molecule has 3 aromatic rings. The smallest absolute Gasteiger partial charge is 0.229 e. The Morgan fingerprint density at radius 1 is 0.862 bits per heavy atom. The zero-order valence-corrected chi connectivity index (χ0v) is 16.5. The minimum Gasteiger partial charge on any atom is -0.372 e. The predicted molar refractivity (Wildman–Crippen MR) is 117 cm³/mol. The molecule has 1 aliphatic heterocycles. The predicted octanol–water partition coefficient (Wildman–Crippen LogP) is 5.13. The van der Waals surface area contributed by atoms with Crippen molar-refractivity contribution < 1.29 is 0 Å². The molecule has 0 saturated carbocycles.